The molecule has 0 spiro atoms. The van der Waals surface area contributed by atoms with Crippen LogP contribution in [0, 0.1) is 0 Å². The number of rotatable bonds is 1. The molecular weight excluding hydrogens is 186 g/mol. The van der Waals surface area contributed by atoms with Crippen LogP contribution in [0.3, 0.4) is 0 Å². The van der Waals surface area contributed by atoms with Crippen molar-refractivity contribution in [3.63, 3.8) is 0 Å². The summed E-state index contributed by atoms with van der Waals surface area (Å²) < 4.78 is 4.98. The van der Waals surface area contributed by atoms with Gasteiger partial charge in [-0.05, 0) is 27.2 Å². The number of carbonyl (C=O) groups is 1. The zero-order chi connectivity index (χ0) is 10.9. The summed E-state index contributed by atoms with van der Waals surface area (Å²) in [4.78, 5) is 11.2. The predicted molar refractivity (Wildman–Crippen MR) is 49.8 cm³/mol. The van der Waals surface area contributed by atoms with E-state index in [9.17, 15) is 9.90 Å². The summed E-state index contributed by atoms with van der Waals surface area (Å²) in [6.07, 6.45) is -1.79. The summed E-state index contributed by atoms with van der Waals surface area (Å²) in [5.41, 5.74) is -0.544. The number of aliphatic hydroxyl groups excluding tert-OH is 2. The molecule has 0 aromatic heterocycles. The van der Waals surface area contributed by atoms with Crippen molar-refractivity contribution in [3.05, 3.63) is 0 Å². The van der Waals surface area contributed by atoms with Crippen LogP contribution in [0.1, 0.15) is 27.2 Å². The van der Waals surface area contributed by atoms with Crippen LogP contribution in [0.2, 0.25) is 0 Å². The van der Waals surface area contributed by atoms with Crippen molar-refractivity contribution in [1.29, 1.82) is 0 Å². The Labute approximate surface area is 83.1 Å². The van der Waals surface area contributed by atoms with Gasteiger partial charge < -0.3 is 20.3 Å². The molecule has 0 bridgehead atoms. The van der Waals surface area contributed by atoms with Gasteiger partial charge in [-0.2, -0.15) is 0 Å². The van der Waals surface area contributed by atoms with E-state index in [0.717, 1.165) is 0 Å². The third-order valence-electron chi connectivity index (χ3n) is 2.00. The van der Waals surface area contributed by atoms with E-state index in [-0.39, 0.29) is 6.04 Å². The van der Waals surface area contributed by atoms with Gasteiger partial charge in [0, 0.05) is 0 Å². The lowest BCUT2D eigenvalue weighted by molar-refractivity contribution is -0.0803. The lowest BCUT2D eigenvalue weighted by Crippen LogP contribution is -2.59. The van der Waals surface area contributed by atoms with Crippen LogP contribution in [-0.2, 0) is 4.74 Å². The van der Waals surface area contributed by atoms with Crippen molar-refractivity contribution in [3.8, 4) is 0 Å². The van der Waals surface area contributed by atoms with Gasteiger partial charge in [0.05, 0.1) is 12.1 Å². The fraction of sp³-hybridized carbons (Fsp3) is 0.889. The Hall–Kier alpha value is -0.810. The van der Waals surface area contributed by atoms with E-state index in [4.69, 9.17) is 9.84 Å². The lowest BCUT2D eigenvalue weighted by Gasteiger charge is -2.38. The molecule has 0 aromatic rings. The van der Waals surface area contributed by atoms with Gasteiger partial charge in [-0.1, -0.05) is 0 Å². The zero-order valence-corrected chi connectivity index (χ0v) is 8.65. The number of nitrogens with one attached hydrogen (secondary N) is 1. The fourth-order valence-corrected chi connectivity index (χ4v) is 1.21. The molecule has 0 radical (unpaired) electrons. The lowest BCUT2D eigenvalue weighted by atomic mass is 9.86. The van der Waals surface area contributed by atoms with Crippen molar-refractivity contribution in [2.24, 2.45) is 0 Å². The first-order chi connectivity index (χ1) is 6.29. The van der Waals surface area contributed by atoms with Crippen LogP contribution in [0.15, 0.2) is 0 Å². The first-order valence-electron chi connectivity index (χ1n) is 4.65. The van der Waals surface area contributed by atoms with E-state index < -0.39 is 23.9 Å². The Bertz CT molecular complexity index is 223. The number of hydrogen-bond donors (Lipinski definition) is 3. The highest BCUT2D eigenvalue weighted by molar-refractivity contribution is 5.68. The minimum atomic E-state index is -0.873. The summed E-state index contributed by atoms with van der Waals surface area (Å²) in [5.74, 6) is 0. The van der Waals surface area contributed by atoms with Crippen molar-refractivity contribution < 1.29 is 19.7 Å². The van der Waals surface area contributed by atoms with Crippen LogP contribution in [0.5, 0.6) is 0 Å². The average Bonchev–Trinajstić information content (AvgIpc) is 2.00. The van der Waals surface area contributed by atoms with Crippen LogP contribution in [0.4, 0.5) is 4.79 Å². The second kappa shape index (κ2) is 3.74. The molecule has 0 aromatic carbocycles. The molecule has 1 saturated carbocycles. The molecule has 14 heavy (non-hydrogen) atoms. The van der Waals surface area contributed by atoms with Crippen LogP contribution in [0.25, 0.3) is 0 Å². The fourth-order valence-electron chi connectivity index (χ4n) is 1.21. The minimum Gasteiger partial charge on any atom is -0.444 e. The molecule has 3 atom stereocenters. The van der Waals surface area contributed by atoms with Gasteiger partial charge in [0.25, 0.3) is 0 Å². The van der Waals surface area contributed by atoms with Gasteiger partial charge in [0.15, 0.2) is 0 Å². The molecule has 82 valence electrons. The topological polar surface area (TPSA) is 78.8 Å². The molecule has 1 rings (SSSR count). The van der Waals surface area contributed by atoms with Crippen LogP contribution >= 0.6 is 0 Å². The molecule has 1 amide bonds. The Morgan fingerprint density at radius 2 is 2.00 bits per heavy atom. The standard InChI is InChI=1S/C9H17NO4/c1-9(2,3)14-8(13)10-5-4-6(11)7(5)12/h5-7,11-12H,4H2,1-3H3,(H,10,13)/t5-,6-,7-/m1/s1. The Kier molecular flexibility index (Phi) is 3.01. The van der Waals surface area contributed by atoms with E-state index in [1.807, 2.05) is 0 Å². The summed E-state index contributed by atoms with van der Waals surface area (Å²) in [6, 6.07) is -0.389. The molecule has 1 fully saturated rings. The van der Waals surface area contributed by atoms with Gasteiger partial charge in [0.2, 0.25) is 0 Å². The van der Waals surface area contributed by atoms with Crippen molar-refractivity contribution in [2.45, 2.75) is 51.0 Å². The van der Waals surface area contributed by atoms with E-state index in [1.165, 1.54) is 0 Å². The second-order valence-electron chi connectivity index (χ2n) is 4.55. The summed E-state index contributed by atoms with van der Waals surface area (Å²) in [6.45, 7) is 5.29. The van der Waals surface area contributed by atoms with Gasteiger partial charge in [-0.3, -0.25) is 0 Å². The summed E-state index contributed by atoms with van der Waals surface area (Å²) in [7, 11) is 0. The number of ether oxygens (including phenoxy) is 1. The maximum atomic E-state index is 11.2. The summed E-state index contributed by atoms with van der Waals surface area (Å²) in [5, 5.41) is 20.7. The highest BCUT2D eigenvalue weighted by Crippen LogP contribution is 2.21. The van der Waals surface area contributed by atoms with Gasteiger partial charge >= 0.3 is 6.09 Å². The number of aliphatic hydroxyl groups is 2. The predicted octanol–water partition coefficient (Wildman–Crippen LogP) is 0.00520. The van der Waals surface area contributed by atoms with Gasteiger partial charge in [-0.25, -0.2) is 4.79 Å². The number of hydrogen-bond acceptors (Lipinski definition) is 4. The smallest absolute Gasteiger partial charge is 0.407 e. The quantitative estimate of drug-likeness (QED) is 0.560. The molecule has 1 aliphatic carbocycles. The van der Waals surface area contributed by atoms with Crippen LogP contribution in [-0.4, -0.2) is 40.2 Å². The largest absolute Gasteiger partial charge is 0.444 e. The molecule has 0 heterocycles. The first-order valence-corrected chi connectivity index (χ1v) is 4.65. The third kappa shape index (κ3) is 2.85. The molecule has 0 saturated heterocycles. The van der Waals surface area contributed by atoms with Crippen molar-refractivity contribution in [1.82, 2.24) is 5.32 Å². The maximum Gasteiger partial charge on any atom is 0.407 e. The normalized spacial score (nSPS) is 31.9. The monoisotopic (exact) mass is 203 g/mol. The van der Waals surface area contributed by atoms with E-state index >= 15 is 0 Å². The molecular formula is C9H17NO4. The van der Waals surface area contributed by atoms with Gasteiger partial charge in [-0.15, -0.1) is 0 Å². The summed E-state index contributed by atoms with van der Waals surface area (Å²) >= 11 is 0. The molecule has 5 nitrogen and oxygen atoms in total. The van der Waals surface area contributed by atoms with Gasteiger partial charge in [0.1, 0.15) is 11.7 Å². The Morgan fingerprint density at radius 1 is 1.43 bits per heavy atom. The Balaban J connectivity index is 2.29. The van der Waals surface area contributed by atoms with E-state index in [2.05, 4.69) is 5.32 Å². The highest BCUT2D eigenvalue weighted by Gasteiger charge is 2.40. The van der Waals surface area contributed by atoms with Crippen LogP contribution < -0.4 is 5.32 Å². The van der Waals surface area contributed by atoms with E-state index in [0.29, 0.717) is 6.42 Å². The number of amides is 1. The third-order valence-corrected chi connectivity index (χ3v) is 2.00. The highest BCUT2D eigenvalue weighted by atomic mass is 16.6. The molecule has 1 aliphatic rings. The van der Waals surface area contributed by atoms with Crippen molar-refractivity contribution >= 4 is 6.09 Å². The minimum absolute atomic E-state index is 0.375. The zero-order valence-electron chi connectivity index (χ0n) is 8.65. The number of carbonyl (C=O) groups excluding carboxylic acids is 1. The molecule has 0 unspecified atom stereocenters. The maximum absolute atomic E-state index is 11.2. The average molecular weight is 203 g/mol. The van der Waals surface area contributed by atoms with Crippen molar-refractivity contribution in [2.75, 3.05) is 0 Å². The molecule has 0 aliphatic heterocycles. The molecule has 3 N–H and O–H groups in total. The Morgan fingerprint density at radius 3 is 2.36 bits per heavy atom. The second-order valence-corrected chi connectivity index (χ2v) is 4.55. The first kappa shape index (κ1) is 11.3. The SMILES string of the molecule is CC(C)(C)OC(=O)N[C@@H]1C[C@@H](O)[C@@H]1O. The number of alkyl carbamates (subject to hydrolysis) is 1. The molecule has 5 heteroatoms. The van der Waals surface area contributed by atoms with E-state index in [1.54, 1.807) is 20.8 Å².